The van der Waals surface area contributed by atoms with E-state index in [1.54, 1.807) is 24.3 Å². The summed E-state index contributed by atoms with van der Waals surface area (Å²) in [7, 11) is 1.34. The van der Waals surface area contributed by atoms with Crippen LogP contribution in [0.5, 0.6) is 0 Å². The van der Waals surface area contributed by atoms with Crippen LogP contribution in [0.4, 0.5) is 16.2 Å². The minimum atomic E-state index is -0.437. The van der Waals surface area contributed by atoms with E-state index in [4.69, 9.17) is 5.73 Å². The number of ether oxygens (including phenoxy) is 1. The van der Waals surface area contributed by atoms with Gasteiger partial charge in [-0.1, -0.05) is 0 Å². The molecule has 0 bridgehead atoms. The highest BCUT2D eigenvalue weighted by molar-refractivity contribution is 5.92. The molecule has 4 N–H and O–H groups in total. The predicted octanol–water partition coefficient (Wildman–Crippen LogP) is 0.638. The van der Waals surface area contributed by atoms with Crippen molar-refractivity contribution in [3.63, 3.8) is 0 Å². The molecule has 1 fully saturated rings. The molecule has 7 nitrogen and oxygen atoms in total. The second-order valence-electron chi connectivity index (χ2n) is 5.03. The molecule has 1 heterocycles. The van der Waals surface area contributed by atoms with Crippen molar-refractivity contribution in [2.45, 2.75) is 12.5 Å². The quantitative estimate of drug-likeness (QED) is 0.708. The van der Waals surface area contributed by atoms with Gasteiger partial charge in [0.2, 0.25) is 5.91 Å². The number of hydrogen-bond donors (Lipinski definition) is 3. The smallest absolute Gasteiger partial charge is 0.407 e. The predicted molar refractivity (Wildman–Crippen MR) is 79.9 cm³/mol. The lowest BCUT2D eigenvalue weighted by atomic mass is 10.3. The van der Waals surface area contributed by atoms with Crippen molar-refractivity contribution in [3.05, 3.63) is 24.3 Å². The highest BCUT2D eigenvalue weighted by Gasteiger charge is 2.25. The van der Waals surface area contributed by atoms with E-state index < -0.39 is 6.09 Å². The van der Waals surface area contributed by atoms with Crippen LogP contribution in [0.2, 0.25) is 0 Å². The van der Waals surface area contributed by atoms with Gasteiger partial charge in [-0.2, -0.15) is 0 Å². The fraction of sp³-hybridized carbons (Fsp3) is 0.429. The summed E-state index contributed by atoms with van der Waals surface area (Å²) in [4.78, 5) is 25.1. The third-order valence-corrected chi connectivity index (χ3v) is 3.34. The number of nitrogens with zero attached hydrogens (tertiary/aromatic N) is 1. The molecule has 1 aliphatic rings. The van der Waals surface area contributed by atoms with Gasteiger partial charge in [-0.3, -0.25) is 9.69 Å². The topological polar surface area (TPSA) is 96.7 Å². The maximum atomic E-state index is 11.9. The molecule has 1 unspecified atom stereocenters. The summed E-state index contributed by atoms with van der Waals surface area (Å²) < 4.78 is 4.56. The van der Waals surface area contributed by atoms with E-state index >= 15 is 0 Å². The molecule has 0 saturated carbocycles. The van der Waals surface area contributed by atoms with Crippen molar-refractivity contribution in [2.24, 2.45) is 0 Å². The second-order valence-corrected chi connectivity index (χ2v) is 5.03. The number of carbonyl (C=O) groups excluding carboxylic acids is 2. The van der Waals surface area contributed by atoms with E-state index in [2.05, 4.69) is 15.4 Å². The zero-order valence-corrected chi connectivity index (χ0v) is 12.0. The van der Waals surface area contributed by atoms with Crippen molar-refractivity contribution in [3.8, 4) is 0 Å². The van der Waals surface area contributed by atoms with Gasteiger partial charge >= 0.3 is 6.09 Å². The van der Waals surface area contributed by atoms with Crippen LogP contribution in [0.15, 0.2) is 24.3 Å². The second kappa shape index (κ2) is 6.94. The lowest BCUT2D eigenvalue weighted by Gasteiger charge is -2.16. The summed E-state index contributed by atoms with van der Waals surface area (Å²) >= 11 is 0. The number of hydrogen-bond acceptors (Lipinski definition) is 5. The van der Waals surface area contributed by atoms with Crippen LogP contribution in [0, 0.1) is 0 Å². The van der Waals surface area contributed by atoms with E-state index in [0.717, 1.165) is 18.7 Å². The number of benzene rings is 1. The first-order chi connectivity index (χ1) is 10.1. The van der Waals surface area contributed by atoms with Crippen molar-refractivity contribution >= 4 is 23.4 Å². The van der Waals surface area contributed by atoms with E-state index in [1.807, 2.05) is 4.90 Å². The Balaban J connectivity index is 1.76. The Labute approximate surface area is 123 Å². The molecule has 2 amide bonds. The Bertz CT molecular complexity index is 503. The number of alkyl carbamates (subject to hydrolysis) is 1. The van der Waals surface area contributed by atoms with Gasteiger partial charge in [0.05, 0.1) is 13.7 Å². The molecule has 2 rings (SSSR count). The summed E-state index contributed by atoms with van der Waals surface area (Å²) in [5.41, 5.74) is 6.97. The largest absolute Gasteiger partial charge is 0.453 e. The molecular weight excluding hydrogens is 272 g/mol. The zero-order valence-electron chi connectivity index (χ0n) is 12.0. The number of amides is 2. The Morgan fingerprint density at radius 2 is 2.10 bits per heavy atom. The van der Waals surface area contributed by atoms with Gasteiger partial charge in [-0.15, -0.1) is 0 Å². The van der Waals surface area contributed by atoms with Crippen molar-refractivity contribution in [1.82, 2.24) is 10.2 Å². The number of anilines is 2. The molecule has 7 heteroatoms. The minimum Gasteiger partial charge on any atom is -0.453 e. The standard InChI is InChI=1S/C14H20N4O3/c1-21-14(20)17-12-6-7-18(8-12)9-13(19)16-11-4-2-10(15)3-5-11/h2-5,12H,6-9,15H2,1H3,(H,16,19)(H,17,20). The highest BCUT2D eigenvalue weighted by atomic mass is 16.5. The molecule has 0 aliphatic carbocycles. The SMILES string of the molecule is COC(=O)NC1CCN(CC(=O)Nc2ccc(N)cc2)C1. The molecule has 1 atom stereocenters. The minimum absolute atomic E-state index is 0.0294. The number of carbonyl (C=O) groups is 2. The van der Waals surface area contributed by atoms with Crippen molar-refractivity contribution in [1.29, 1.82) is 0 Å². The van der Waals surface area contributed by atoms with Gasteiger partial charge in [0.15, 0.2) is 0 Å². The summed E-state index contributed by atoms with van der Waals surface area (Å²) in [6.07, 6.45) is 0.373. The van der Waals surface area contributed by atoms with E-state index in [9.17, 15) is 9.59 Å². The van der Waals surface area contributed by atoms with Gasteiger partial charge in [0, 0.05) is 30.5 Å². The molecule has 1 aliphatic heterocycles. The molecule has 21 heavy (non-hydrogen) atoms. The molecular formula is C14H20N4O3. The summed E-state index contributed by atoms with van der Waals surface area (Å²) in [5, 5.41) is 5.55. The Morgan fingerprint density at radius 3 is 2.76 bits per heavy atom. The molecule has 1 aromatic carbocycles. The number of rotatable bonds is 4. The summed E-state index contributed by atoms with van der Waals surface area (Å²) in [6, 6.07) is 7.03. The van der Waals surface area contributed by atoms with Crippen LogP contribution in [0.1, 0.15) is 6.42 Å². The van der Waals surface area contributed by atoms with Crippen LogP contribution in [-0.4, -0.2) is 49.7 Å². The third-order valence-electron chi connectivity index (χ3n) is 3.34. The van der Waals surface area contributed by atoms with Crippen molar-refractivity contribution in [2.75, 3.05) is 37.8 Å². The monoisotopic (exact) mass is 292 g/mol. The Kier molecular flexibility index (Phi) is 4.99. The first kappa shape index (κ1) is 15.1. The number of nitrogens with two attached hydrogens (primary N) is 1. The number of nitrogens with one attached hydrogen (secondary N) is 2. The first-order valence-corrected chi connectivity index (χ1v) is 6.79. The van der Waals surface area contributed by atoms with Gasteiger partial charge in [-0.25, -0.2) is 4.79 Å². The summed E-state index contributed by atoms with van der Waals surface area (Å²) in [6.45, 7) is 1.71. The lowest BCUT2D eigenvalue weighted by molar-refractivity contribution is -0.117. The van der Waals surface area contributed by atoms with Crippen LogP contribution in [0.3, 0.4) is 0 Å². The first-order valence-electron chi connectivity index (χ1n) is 6.79. The lowest BCUT2D eigenvalue weighted by Crippen LogP contribution is -2.38. The summed E-state index contributed by atoms with van der Waals surface area (Å²) in [5.74, 6) is -0.0847. The fourth-order valence-corrected chi connectivity index (χ4v) is 2.29. The van der Waals surface area contributed by atoms with Crippen LogP contribution < -0.4 is 16.4 Å². The number of nitrogen functional groups attached to an aromatic ring is 1. The van der Waals surface area contributed by atoms with E-state index in [1.165, 1.54) is 7.11 Å². The highest BCUT2D eigenvalue weighted by Crippen LogP contribution is 2.12. The average molecular weight is 292 g/mol. The Hall–Kier alpha value is -2.28. The Morgan fingerprint density at radius 1 is 1.38 bits per heavy atom. The number of methoxy groups -OCH3 is 1. The fourth-order valence-electron chi connectivity index (χ4n) is 2.29. The van der Waals surface area contributed by atoms with Crippen LogP contribution in [-0.2, 0) is 9.53 Å². The van der Waals surface area contributed by atoms with E-state index in [0.29, 0.717) is 18.8 Å². The number of likely N-dealkylation sites (tertiary alicyclic amines) is 1. The average Bonchev–Trinajstić information content (AvgIpc) is 2.88. The van der Waals surface area contributed by atoms with Gasteiger partial charge in [0.1, 0.15) is 0 Å². The van der Waals surface area contributed by atoms with E-state index in [-0.39, 0.29) is 11.9 Å². The van der Waals surface area contributed by atoms with Gasteiger partial charge < -0.3 is 21.1 Å². The van der Waals surface area contributed by atoms with Crippen LogP contribution >= 0.6 is 0 Å². The third kappa shape index (κ3) is 4.64. The van der Waals surface area contributed by atoms with Gasteiger partial charge in [0.25, 0.3) is 0 Å². The van der Waals surface area contributed by atoms with Gasteiger partial charge in [-0.05, 0) is 30.7 Å². The molecule has 1 saturated heterocycles. The van der Waals surface area contributed by atoms with Crippen molar-refractivity contribution < 1.29 is 14.3 Å². The molecule has 1 aromatic rings. The molecule has 114 valence electrons. The maximum absolute atomic E-state index is 11.9. The molecule has 0 spiro atoms. The maximum Gasteiger partial charge on any atom is 0.407 e. The zero-order chi connectivity index (χ0) is 15.2. The molecule has 0 aromatic heterocycles. The normalized spacial score (nSPS) is 18.2. The molecule has 0 radical (unpaired) electrons. The van der Waals surface area contributed by atoms with Crippen LogP contribution in [0.25, 0.3) is 0 Å².